The molecule has 0 aliphatic carbocycles. The minimum atomic E-state index is 0.0727. The maximum absolute atomic E-state index is 9.93. The van der Waals surface area contributed by atoms with Gasteiger partial charge in [0.1, 0.15) is 23.9 Å². The molecule has 0 saturated carbocycles. The van der Waals surface area contributed by atoms with Crippen molar-refractivity contribution in [3.63, 3.8) is 0 Å². The molecular weight excluding hydrogens is 376 g/mol. The quantitative estimate of drug-likeness (QED) is 0.494. The number of benzene rings is 2. The van der Waals surface area contributed by atoms with Crippen LogP contribution < -0.4 is 9.47 Å². The van der Waals surface area contributed by atoms with Crippen molar-refractivity contribution in [3.05, 3.63) is 63.6 Å². The highest BCUT2D eigenvalue weighted by Gasteiger charge is 2.07. The second-order valence-corrected chi connectivity index (χ2v) is 5.99. The van der Waals surface area contributed by atoms with Gasteiger partial charge in [-0.2, -0.15) is 14.9 Å². The molecule has 0 atom stereocenters. The number of aromatic amines is 1. The van der Waals surface area contributed by atoms with Gasteiger partial charge < -0.3 is 14.6 Å². The van der Waals surface area contributed by atoms with Gasteiger partial charge in [0.2, 0.25) is 4.77 Å². The third-order valence-electron chi connectivity index (χ3n) is 3.45. The molecule has 0 amide bonds. The molecule has 0 aliphatic heterocycles. The lowest BCUT2D eigenvalue weighted by Crippen LogP contribution is -2.04. The van der Waals surface area contributed by atoms with E-state index < -0.39 is 0 Å². The van der Waals surface area contributed by atoms with Crippen molar-refractivity contribution in [2.75, 3.05) is 7.11 Å². The number of rotatable bonds is 6. The first-order valence-corrected chi connectivity index (χ1v) is 8.31. The molecule has 3 rings (SSSR count). The van der Waals surface area contributed by atoms with E-state index in [2.05, 4.69) is 15.3 Å². The Bertz CT molecular complexity index is 982. The minimum absolute atomic E-state index is 0.0727. The molecule has 0 aliphatic rings. The molecule has 1 aromatic heterocycles. The third kappa shape index (κ3) is 4.22. The molecule has 0 bridgehead atoms. The number of phenols is 1. The Morgan fingerprint density at radius 1 is 1.27 bits per heavy atom. The number of ether oxygens (including phenoxy) is 2. The van der Waals surface area contributed by atoms with Crippen molar-refractivity contribution >= 4 is 30.0 Å². The van der Waals surface area contributed by atoms with Gasteiger partial charge in [-0.15, -0.1) is 0 Å². The summed E-state index contributed by atoms with van der Waals surface area (Å²) in [5, 5.41) is 21.6. The number of halogens is 1. The van der Waals surface area contributed by atoms with Crippen LogP contribution in [0.25, 0.3) is 0 Å². The summed E-state index contributed by atoms with van der Waals surface area (Å²) in [6.45, 7) is 0.149. The van der Waals surface area contributed by atoms with E-state index in [1.165, 1.54) is 17.0 Å². The average Bonchev–Trinajstić information content (AvgIpc) is 3.00. The van der Waals surface area contributed by atoms with E-state index in [-0.39, 0.29) is 12.4 Å². The summed E-state index contributed by atoms with van der Waals surface area (Å²) in [5.41, 5.74) is 0.483. The zero-order valence-corrected chi connectivity index (χ0v) is 15.3. The van der Waals surface area contributed by atoms with Gasteiger partial charge in [0, 0.05) is 10.6 Å². The van der Waals surface area contributed by atoms with Gasteiger partial charge in [-0.25, -0.2) is 5.10 Å². The number of nitrogens with zero attached hydrogens (tertiary/aromatic N) is 3. The molecule has 1 heterocycles. The molecule has 26 heavy (non-hydrogen) atoms. The molecule has 0 unspecified atom stereocenters. The molecule has 7 nitrogen and oxygen atoms in total. The van der Waals surface area contributed by atoms with Crippen LogP contribution in [0.15, 0.2) is 47.6 Å². The molecule has 134 valence electrons. The van der Waals surface area contributed by atoms with E-state index >= 15 is 0 Å². The van der Waals surface area contributed by atoms with Gasteiger partial charge in [-0.1, -0.05) is 11.6 Å². The number of hydrogen-bond donors (Lipinski definition) is 2. The number of aromatic nitrogens is 3. The summed E-state index contributed by atoms with van der Waals surface area (Å²) >= 11 is 11.0. The van der Waals surface area contributed by atoms with Gasteiger partial charge in [0.05, 0.1) is 13.3 Å². The molecule has 0 spiro atoms. The van der Waals surface area contributed by atoms with Gasteiger partial charge in [0.25, 0.3) is 0 Å². The minimum Gasteiger partial charge on any atom is -0.507 e. The van der Waals surface area contributed by atoms with E-state index in [9.17, 15) is 5.11 Å². The summed E-state index contributed by atoms with van der Waals surface area (Å²) in [6, 6.07) is 11.8. The zero-order chi connectivity index (χ0) is 18.5. The molecule has 0 fully saturated rings. The number of aromatic hydroxyl groups is 1. The molecule has 9 heteroatoms. The topological polar surface area (TPSA) is 84.7 Å². The van der Waals surface area contributed by atoms with Crippen molar-refractivity contribution in [1.82, 2.24) is 14.9 Å². The van der Waals surface area contributed by atoms with Crippen LogP contribution >= 0.6 is 23.8 Å². The number of hydrogen-bond acceptors (Lipinski definition) is 6. The Kier molecular flexibility index (Phi) is 5.55. The first-order chi connectivity index (χ1) is 12.6. The fourth-order valence-corrected chi connectivity index (χ4v) is 2.42. The maximum atomic E-state index is 9.93. The van der Waals surface area contributed by atoms with Crippen LogP contribution in [0, 0.1) is 4.77 Å². The second kappa shape index (κ2) is 8.03. The van der Waals surface area contributed by atoms with Crippen LogP contribution in [0.5, 0.6) is 17.2 Å². The summed E-state index contributed by atoms with van der Waals surface area (Å²) < 4.78 is 12.5. The highest BCUT2D eigenvalue weighted by atomic mass is 35.5. The van der Waals surface area contributed by atoms with E-state index in [1.807, 2.05) is 0 Å². The molecule has 3 aromatic rings. The second-order valence-electron chi connectivity index (χ2n) is 5.17. The lowest BCUT2D eigenvalue weighted by Gasteiger charge is -2.06. The lowest BCUT2D eigenvalue weighted by molar-refractivity contribution is 0.290. The molecule has 0 radical (unpaired) electrons. The summed E-state index contributed by atoms with van der Waals surface area (Å²) in [7, 11) is 1.55. The highest BCUT2D eigenvalue weighted by molar-refractivity contribution is 7.71. The summed E-state index contributed by atoms with van der Waals surface area (Å²) in [6.07, 6.45) is 1.47. The van der Waals surface area contributed by atoms with Crippen molar-refractivity contribution in [1.29, 1.82) is 0 Å². The highest BCUT2D eigenvalue weighted by Crippen LogP contribution is 2.21. The smallest absolute Gasteiger partial charge is 0.216 e. The van der Waals surface area contributed by atoms with Gasteiger partial charge in [0.15, 0.2) is 5.82 Å². The first-order valence-electron chi connectivity index (χ1n) is 7.53. The van der Waals surface area contributed by atoms with Crippen molar-refractivity contribution in [2.45, 2.75) is 6.61 Å². The Morgan fingerprint density at radius 2 is 2.00 bits per heavy atom. The zero-order valence-electron chi connectivity index (χ0n) is 13.7. The van der Waals surface area contributed by atoms with Crippen LogP contribution in [-0.2, 0) is 6.61 Å². The average molecular weight is 391 g/mol. The van der Waals surface area contributed by atoms with Gasteiger partial charge in [-0.05, 0) is 54.7 Å². The predicted octanol–water partition coefficient (Wildman–Crippen LogP) is 3.77. The number of methoxy groups -OCH3 is 1. The first kappa shape index (κ1) is 18.0. The molecule has 2 aromatic carbocycles. The van der Waals surface area contributed by atoms with E-state index in [0.29, 0.717) is 32.7 Å². The maximum Gasteiger partial charge on any atom is 0.216 e. The SMILES string of the molecule is COc1ccc(O)c(/C=N/n2c(COc3ccc(Cl)cc3)n[nH]c2=S)c1. The van der Waals surface area contributed by atoms with Crippen molar-refractivity contribution in [3.8, 4) is 17.2 Å². The molecular formula is C17H15ClN4O3S. The lowest BCUT2D eigenvalue weighted by atomic mass is 10.2. The molecule has 2 N–H and O–H groups in total. The standard InChI is InChI=1S/C17H15ClN4O3S/c1-24-14-6-7-15(23)11(8-14)9-19-22-16(20-21-17(22)26)10-25-13-4-2-12(18)3-5-13/h2-9,23H,10H2,1H3,(H,21,26)/b19-9+. The Labute approximate surface area is 159 Å². The normalized spacial score (nSPS) is 11.0. The summed E-state index contributed by atoms with van der Waals surface area (Å²) in [5.74, 6) is 1.79. The fraction of sp³-hybridized carbons (Fsp3) is 0.118. The van der Waals surface area contributed by atoms with Gasteiger partial charge >= 0.3 is 0 Å². The monoisotopic (exact) mass is 390 g/mol. The Balaban J connectivity index is 1.79. The van der Waals surface area contributed by atoms with E-state index in [0.717, 1.165) is 0 Å². The third-order valence-corrected chi connectivity index (χ3v) is 3.96. The largest absolute Gasteiger partial charge is 0.507 e. The van der Waals surface area contributed by atoms with E-state index in [1.54, 1.807) is 43.5 Å². The number of H-pyrrole nitrogens is 1. The Morgan fingerprint density at radius 3 is 2.73 bits per heavy atom. The Hall–Kier alpha value is -2.84. The van der Waals surface area contributed by atoms with Gasteiger partial charge in [-0.3, -0.25) is 0 Å². The number of nitrogens with one attached hydrogen (secondary N) is 1. The van der Waals surface area contributed by atoms with Crippen LogP contribution in [0.3, 0.4) is 0 Å². The molecule has 0 saturated heterocycles. The summed E-state index contributed by atoms with van der Waals surface area (Å²) in [4.78, 5) is 0. The fourth-order valence-electron chi connectivity index (χ4n) is 2.10. The van der Waals surface area contributed by atoms with Crippen LogP contribution in [0.4, 0.5) is 0 Å². The van der Waals surface area contributed by atoms with Crippen LogP contribution in [-0.4, -0.2) is 33.3 Å². The van der Waals surface area contributed by atoms with Crippen molar-refractivity contribution in [2.24, 2.45) is 5.10 Å². The van der Waals surface area contributed by atoms with E-state index in [4.69, 9.17) is 33.3 Å². The predicted molar refractivity (Wildman–Crippen MR) is 101 cm³/mol. The number of phenolic OH excluding ortho intramolecular Hbond substituents is 1. The van der Waals surface area contributed by atoms with Crippen molar-refractivity contribution < 1.29 is 14.6 Å². The van der Waals surface area contributed by atoms with Crippen LogP contribution in [0.1, 0.15) is 11.4 Å². The van der Waals surface area contributed by atoms with Crippen LogP contribution in [0.2, 0.25) is 5.02 Å².